The molecule has 2 aliphatic heterocycles. The minimum atomic E-state index is -4.89. The van der Waals surface area contributed by atoms with Crippen molar-refractivity contribution in [3.8, 4) is 5.75 Å². The van der Waals surface area contributed by atoms with Crippen molar-refractivity contribution in [1.29, 1.82) is 0 Å². The number of halogens is 3. The maximum Gasteiger partial charge on any atom is 0.573 e. The lowest BCUT2D eigenvalue weighted by atomic mass is 9.97. The Morgan fingerprint density at radius 3 is 2.58 bits per heavy atom. The third-order valence-corrected chi connectivity index (χ3v) is 6.05. The summed E-state index contributed by atoms with van der Waals surface area (Å²) in [5.41, 5.74) is -1.49. The number of morpholine rings is 1. The van der Waals surface area contributed by atoms with Crippen LogP contribution in [0.25, 0.3) is 0 Å². The molecule has 0 aromatic heterocycles. The summed E-state index contributed by atoms with van der Waals surface area (Å²) in [6.07, 6.45) is -4.34. The summed E-state index contributed by atoms with van der Waals surface area (Å²) in [4.78, 5) is -0.258. The monoisotopic (exact) mass is 395 g/mol. The molecule has 2 heterocycles. The van der Waals surface area contributed by atoms with Crippen LogP contribution in [0, 0.1) is 0 Å². The van der Waals surface area contributed by atoms with E-state index in [1.165, 1.54) is 16.4 Å². The van der Waals surface area contributed by atoms with Gasteiger partial charge >= 0.3 is 6.36 Å². The van der Waals surface area contributed by atoms with Crippen LogP contribution in [-0.2, 0) is 19.5 Å². The summed E-state index contributed by atoms with van der Waals surface area (Å²) in [6, 6.07) is 4.40. The molecule has 0 saturated carbocycles. The lowest BCUT2D eigenvalue weighted by Crippen LogP contribution is -2.61. The Kier molecular flexibility index (Phi) is 4.75. The lowest BCUT2D eigenvalue weighted by molar-refractivity contribution is -0.274. The van der Waals surface area contributed by atoms with E-state index in [9.17, 15) is 21.6 Å². The fourth-order valence-electron chi connectivity index (χ4n) is 3.40. The summed E-state index contributed by atoms with van der Waals surface area (Å²) in [6.45, 7) is 4.47. The Balaban J connectivity index is 1.91. The van der Waals surface area contributed by atoms with Crippen molar-refractivity contribution in [2.45, 2.75) is 42.7 Å². The van der Waals surface area contributed by atoms with E-state index in [0.29, 0.717) is 13.0 Å². The van der Waals surface area contributed by atoms with Gasteiger partial charge in [-0.05, 0) is 26.0 Å². The molecule has 0 amide bonds. The summed E-state index contributed by atoms with van der Waals surface area (Å²) >= 11 is 0. The minimum Gasteiger partial charge on any atom is -0.406 e. The number of hydrogen-bond donors (Lipinski definition) is 0. The molecule has 2 saturated heterocycles. The maximum absolute atomic E-state index is 13.0. The average Bonchev–Trinajstić information content (AvgIpc) is 2.91. The molecule has 10 heteroatoms. The van der Waals surface area contributed by atoms with Gasteiger partial charge in [0.05, 0.1) is 17.1 Å². The molecule has 0 radical (unpaired) electrons. The molecule has 1 aromatic carbocycles. The maximum atomic E-state index is 13.0. The second kappa shape index (κ2) is 6.36. The molecule has 1 unspecified atom stereocenters. The zero-order chi connectivity index (χ0) is 19.2. The topological polar surface area (TPSA) is 65.1 Å². The van der Waals surface area contributed by atoms with Gasteiger partial charge in [-0.3, -0.25) is 0 Å². The zero-order valence-electron chi connectivity index (χ0n) is 14.4. The molecule has 0 bridgehead atoms. The molecule has 6 nitrogen and oxygen atoms in total. The second-order valence-corrected chi connectivity index (χ2v) is 9.08. The Morgan fingerprint density at radius 1 is 1.23 bits per heavy atom. The Hall–Kier alpha value is -1.36. The molecule has 2 fully saturated rings. The highest BCUT2D eigenvalue weighted by atomic mass is 32.2. The predicted molar refractivity (Wildman–Crippen MR) is 85.2 cm³/mol. The van der Waals surface area contributed by atoms with Gasteiger partial charge in [-0.15, -0.1) is 13.2 Å². The molecule has 2 aliphatic rings. The first kappa shape index (κ1) is 19.4. The minimum absolute atomic E-state index is 0.0848. The number of benzene rings is 1. The molecule has 146 valence electrons. The van der Waals surface area contributed by atoms with Gasteiger partial charge < -0.3 is 14.2 Å². The number of rotatable bonds is 3. The van der Waals surface area contributed by atoms with Gasteiger partial charge in [0.25, 0.3) is 0 Å². The number of sulfonamides is 1. The summed E-state index contributed by atoms with van der Waals surface area (Å²) in [7, 11) is -4.02. The summed E-state index contributed by atoms with van der Waals surface area (Å²) in [5.74, 6) is -0.579. The van der Waals surface area contributed by atoms with Crippen LogP contribution in [0.4, 0.5) is 13.2 Å². The van der Waals surface area contributed by atoms with Crippen molar-refractivity contribution < 1.29 is 35.8 Å². The normalized spacial score (nSPS) is 27.0. The first-order valence-electron chi connectivity index (χ1n) is 8.05. The summed E-state index contributed by atoms with van der Waals surface area (Å²) < 4.78 is 79.8. The van der Waals surface area contributed by atoms with E-state index in [-0.39, 0.29) is 24.6 Å². The van der Waals surface area contributed by atoms with Crippen LogP contribution < -0.4 is 4.74 Å². The smallest absolute Gasteiger partial charge is 0.406 e. The van der Waals surface area contributed by atoms with E-state index < -0.39 is 33.3 Å². The Labute approximate surface area is 149 Å². The number of nitrogens with zero attached hydrogens (tertiary/aromatic N) is 1. The van der Waals surface area contributed by atoms with Gasteiger partial charge in [0.15, 0.2) is 0 Å². The standard InChI is InChI=1S/C16H20F3NO5S/c1-14(2)9-20(10-15(25-14)6-7-23-11-15)26(21,22)13-5-3-4-12(8-13)24-16(17,18)19/h3-5,8H,6-7,9-11H2,1-2H3. The van der Waals surface area contributed by atoms with Crippen LogP contribution in [0.2, 0.25) is 0 Å². The molecule has 26 heavy (non-hydrogen) atoms. The van der Waals surface area contributed by atoms with Crippen LogP contribution >= 0.6 is 0 Å². The Morgan fingerprint density at radius 2 is 1.96 bits per heavy atom. The van der Waals surface area contributed by atoms with Crippen molar-refractivity contribution >= 4 is 10.0 Å². The van der Waals surface area contributed by atoms with E-state index in [0.717, 1.165) is 12.1 Å². The molecule has 0 N–H and O–H groups in total. The van der Waals surface area contributed by atoms with Gasteiger partial charge in [-0.1, -0.05) is 6.07 Å². The fourth-order valence-corrected chi connectivity index (χ4v) is 5.10. The third-order valence-electron chi connectivity index (χ3n) is 4.26. The van der Waals surface area contributed by atoms with E-state index in [2.05, 4.69) is 4.74 Å². The van der Waals surface area contributed by atoms with E-state index in [4.69, 9.17) is 9.47 Å². The van der Waals surface area contributed by atoms with Gasteiger partial charge in [0.1, 0.15) is 11.4 Å². The first-order valence-corrected chi connectivity index (χ1v) is 9.49. The molecule has 1 spiro atoms. The molecular weight excluding hydrogens is 375 g/mol. The van der Waals surface area contributed by atoms with Crippen LogP contribution in [-0.4, -0.2) is 56.6 Å². The number of alkyl halides is 3. The summed E-state index contributed by atoms with van der Waals surface area (Å²) in [5, 5.41) is 0. The Bertz CT molecular complexity index is 772. The molecule has 1 aromatic rings. The molecule has 3 rings (SSSR count). The SMILES string of the molecule is CC1(C)CN(S(=O)(=O)c2cccc(OC(F)(F)F)c2)CC2(CCOC2)O1. The van der Waals surface area contributed by atoms with Gasteiger partial charge in [-0.2, -0.15) is 4.31 Å². The van der Waals surface area contributed by atoms with Gasteiger partial charge in [-0.25, -0.2) is 8.42 Å². The third kappa shape index (κ3) is 4.13. The highest BCUT2D eigenvalue weighted by Gasteiger charge is 2.50. The molecule has 0 aliphatic carbocycles. The van der Waals surface area contributed by atoms with Crippen LogP contribution in [0.3, 0.4) is 0 Å². The van der Waals surface area contributed by atoms with Gasteiger partial charge in [0, 0.05) is 32.2 Å². The zero-order valence-corrected chi connectivity index (χ0v) is 15.2. The fraction of sp³-hybridized carbons (Fsp3) is 0.625. The van der Waals surface area contributed by atoms with E-state index in [1.807, 2.05) is 0 Å². The predicted octanol–water partition coefficient (Wildman–Crippen LogP) is 2.54. The highest BCUT2D eigenvalue weighted by molar-refractivity contribution is 7.89. The van der Waals surface area contributed by atoms with E-state index >= 15 is 0 Å². The quantitative estimate of drug-likeness (QED) is 0.787. The van der Waals surface area contributed by atoms with Crippen molar-refractivity contribution in [1.82, 2.24) is 4.31 Å². The van der Waals surface area contributed by atoms with Crippen molar-refractivity contribution in [3.63, 3.8) is 0 Å². The molecule has 1 atom stereocenters. The lowest BCUT2D eigenvalue weighted by Gasteiger charge is -2.47. The van der Waals surface area contributed by atoms with Crippen molar-refractivity contribution in [3.05, 3.63) is 24.3 Å². The van der Waals surface area contributed by atoms with Crippen molar-refractivity contribution in [2.24, 2.45) is 0 Å². The van der Waals surface area contributed by atoms with Crippen LogP contribution in [0.15, 0.2) is 29.2 Å². The van der Waals surface area contributed by atoms with Crippen LogP contribution in [0.1, 0.15) is 20.3 Å². The first-order chi connectivity index (χ1) is 11.9. The van der Waals surface area contributed by atoms with Crippen LogP contribution in [0.5, 0.6) is 5.75 Å². The largest absolute Gasteiger partial charge is 0.573 e. The molecular formula is C16H20F3NO5S. The second-order valence-electron chi connectivity index (χ2n) is 7.14. The van der Waals surface area contributed by atoms with Crippen molar-refractivity contribution in [2.75, 3.05) is 26.3 Å². The number of hydrogen-bond acceptors (Lipinski definition) is 5. The highest BCUT2D eigenvalue weighted by Crippen LogP contribution is 2.37. The average molecular weight is 395 g/mol. The number of ether oxygens (including phenoxy) is 3. The van der Waals surface area contributed by atoms with E-state index in [1.54, 1.807) is 13.8 Å². The van der Waals surface area contributed by atoms with Gasteiger partial charge in [0.2, 0.25) is 10.0 Å².